The number of rotatable bonds is 7. The number of amidine groups is 1. The van der Waals surface area contributed by atoms with E-state index in [9.17, 15) is 0 Å². The molecule has 1 rings (SSSR count). The van der Waals surface area contributed by atoms with E-state index in [4.69, 9.17) is 15.9 Å². The minimum absolute atomic E-state index is 0.118. The van der Waals surface area contributed by atoms with Gasteiger partial charge in [-0.25, -0.2) is 0 Å². The van der Waals surface area contributed by atoms with E-state index in [1.54, 1.807) is 7.11 Å². The summed E-state index contributed by atoms with van der Waals surface area (Å²) in [7, 11) is 3.82. The molecule has 0 aliphatic heterocycles. The van der Waals surface area contributed by atoms with Crippen molar-refractivity contribution >= 4 is 5.84 Å². The molecule has 0 aromatic heterocycles. The van der Waals surface area contributed by atoms with Gasteiger partial charge in [-0.2, -0.15) is 0 Å². The van der Waals surface area contributed by atoms with Crippen LogP contribution in [0, 0.1) is 5.41 Å². The summed E-state index contributed by atoms with van der Waals surface area (Å²) in [6.45, 7) is 3.82. The van der Waals surface area contributed by atoms with Crippen molar-refractivity contribution < 1.29 is 4.74 Å². The summed E-state index contributed by atoms with van der Waals surface area (Å²) in [4.78, 5) is 2.28. The van der Waals surface area contributed by atoms with Crippen LogP contribution >= 0.6 is 0 Å². The van der Waals surface area contributed by atoms with Crippen molar-refractivity contribution in [2.75, 3.05) is 20.8 Å². The molecule has 0 bridgehead atoms. The van der Waals surface area contributed by atoms with Crippen LogP contribution in [-0.2, 0) is 11.3 Å². The number of nitrogen functional groups attached to an aromatic ring is 1. The maximum Gasteiger partial charge on any atom is 0.122 e. The quantitative estimate of drug-likeness (QED) is 0.572. The monoisotopic (exact) mass is 249 g/mol. The Morgan fingerprint density at radius 1 is 1.50 bits per heavy atom. The molecule has 0 aliphatic carbocycles. The van der Waals surface area contributed by atoms with Crippen LogP contribution in [0.4, 0.5) is 0 Å². The molecule has 1 atom stereocenters. The Hall–Kier alpha value is -1.39. The fourth-order valence-corrected chi connectivity index (χ4v) is 1.79. The first-order chi connectivity index (χ1) is 8.54. The molecule has 0 amide bonds. The second kappa shape index (κ2) is 7.13. The molecule has 0 radical (unpaired) electrons. The first kappa shape index (κ1) is 14.7. The van der Waals surface area contributed by atoms with Gasteiger partial charge in [0.25, 0.3) is 0 Å². The SMILES string of the molecule is COCCC(C)N(C)Cc1cccc(C(=N)N)c1. The van der Waals surface area contributed by atoms with Crippen LogP contribution < -0.4 is 5.73 Å². The van der Waals surface area contributed by atoms with Gasteiger partial charge in [-0.15, -0.1) is 0 Å². The van der Waals surface area contributed by atoms with Gasteiger partial charge in [0, 0.05) is 31.9 Å². The van der Waals surface area contributed by atoms with Crippen molar-refractivity contribution in [3.8, 4) is 0 Å². The molecule has 3 N–H and O–H groups in total. The van der Waals surface area contributed by atoms with E-state index < -0.39 is 0 Å². The molecule has 0 aliphatic rings. The fraction of sp³-hybridized carbons (Fsp3) is 0.500. The summed E-state index contributed by atoms with van der Waals surface area (Å²) in [5.74, 6) is 0.118. The average Bonchev–Trinajstić information content (AvgIpc) is 2.36. The Balaban J connectivity index is 2.60. The van der Waals surface area contributed by atoms with Crippen LogP contribution in [0.15, 0.2) is 24.3 Å². The second-order valence-electron chi connectivity index (χ2n) is 4.66. The minimum atomic E-state index is 0.118. The summed E-state index contributed by atoms with van der Waals surface area (Å²) in [6.07, 6.45) is 1.01. The Kier molecular flexibility index (Phi) is 5.82. The number of nitrogens with zero attached hydrogens (tertiary/aromatic N) is 1. The van der Waals surface area contributed by atoms with E-state index in [0.717, 1.165) is 25.1 Å². The Morgan fingerprint density at radius 2 is 2.22 bits per heavy atom. The number of methoxy groups -OCH3 is 1. The number of nitrogens with one attached hydrogen (secondary N) is 1. The smallest absolute Gasteiger partial charge is 0.122 e. The van der Waals surface area contributed by atoms with Gasteiger partial charge in [-0.3, -0.25) is 10.3 Å². The first-order valence-electron chi connectivity index (χ1n) is 6.17. The van der Waals surface area contributed by atoms with Crippen LogP contribution in [0.2, 0.25) is 0 Å². The standard InChI is InChI=1S/C14H23N3O/c1-11(7-8-18-3)17(2)10-12-5-4-6-13(9-12)14(15)16/h4-6,9,11H,7-8,10H2,1-3H3,(H3,15,16). The molecule has 18 heavy (non-hydrogen) atoms. The van der Waals surface area contributed by atoms with Gasteiger partial charge >= 0.3 is 0 Å². The lowest BCUT2D eigenvalue weighted by molar-refractivity contribution is 0.150. The zero-order valence-corrected chi connectivity index (χ0v) is 11.4. The van der Waals surface area contributed by atoms with Crippen LogP contribution in [0.25, 0.3) is 0 Å². The zero-order chi connectivity index (χ0) is 13.5. The van der Waals surface area contributed by atoms with Gasteiger partial charge in [0.05, 0.1) is 0 Å². The Morgan fingerprint density at radius 3 is 2.83 bits per heavy atom. The van der Waals surface area contributed by atoms with Crippen molar-refractivity contribution in [3.63, 3.8) is 0 Å². The maximum absolute atomic E-state index is 7.44. The third kappa shape index (κ3) is 4.47. The Bertz CT molecular complexity index is 392. The number of hydrogen-bond donors (Lipinski definition) is 2. The molecular formula is C14H23N3O. The van der Waals surface area contributed by atoms with Gasteiger partial charge in [0.1, 0.15) is 5.84 Å². The third-order valence-corrected chi connectivity index (χ3v) is 3.16. The Labute approximate surface area is 109 Å². The van der Waals surface area contributed by atoms with Crippen LogP contribution in [0.1, 0.15) is 24.5 Å². The highest BCUT2D eigenvalue weighted by Gasteiger charge is 2.09. The molecule has 100 valence electrons. The third-order valence-electron chi connectivity index (χ3n) is 3.16. The average molecular weight is 249 g/mol. The van der Waals surface area contributed by atoms with E-state index >= 15 is 0 Å². The normalized spacial score (nSPS) is 12.7. The molecule has 0 saturated heterocycles. The van der Waals surface area contributed by atoms with E-state index in [-0.39, 0.29) is 5.84 Å². The largest absolute Gasteiger partial charge is 0.385 e. The van der Waals surface area contributed by atoms with Gasteiger partial charge in [-0.05, 0) is 32.0 Å². The topological polar surface area (TPSA) is 62.3 Å². The summed E-state index contributed by atoms with van der Waals surface area (Å²) >= 11 is 0. The molecule has 1 unspecified atom stereocenters. The molecule has 4 nitrogen and oxygen atoms in total. The highest BCUT2D eigenvalue weighted by molar-refractivity contribution is 5.95. The zero-order valence-electron chi connectivity index (χ0n) is 11.4. The van der Waals surface area contributed by atoms with Crippen molar-refractivity contribution in [1.82, 2.24) is 4.90 Å². The predicted molar refractivity (Wildman–Crippen MR) is 74.9 cm³/mol. The van der Waals surface area contributed by atoms with Crippen molar-refractivity contribution in [2.45, 2.75) is 25.9 Å². The van der Waals surface area contributed by atoms with E-state index in [1.165, 1.54) is 5.56 Å². The highest BCUT2D eigenvalue weighted by atomic mass is 16.5. The lowest BCUT2D eigenvalue weighted by Gasteiger charge is -2.24. The number of benzene rings is 1. The molecule has 0 heterocycles. The van der Waals surface area contributed by atoms with E-state index in [1.807, 2.05) is 18.2 Å². The molecule has 0 fully saturated rings. The molecule has 4 heteroatoms. The van der Waals surface area contributed by atoms with Gasteiger partial charge in [0.15, 0.2) is 0 Å². The molecule has 0 spiro atoms. The van der Waals surface area contributed by atoms with Gasteiger partial charge in [-0.1, -0.05) is 18.2 Å². The number of nitrogens with two attached hydrogens (primary N) is 1. The molecule has 0 saturated carbocycles. The van der Waals surface area contributed by atoms with Crippen molar-refractivity contribution in [3.05, 3.63) is 35.4 Å². The van der Waals surface area contributed by atoms with Crippen LogP contribution in [0.5, 0.6) is 0 Å². The van der Waals surface area contributed by atoms with Crippen molar-refractivity contribution in [1.29, 1.82) is 5.41 Å². The summed E-state index contributed by atoms with van der Waals surface area (Å²) < 4.78 is 5.09. The molecule has 1 aromatic carbocycles. The first-order valence-corrected chi connectivity index (χ1v) is 6.17. The highest BCUT2D eigenvalue weighted by Crippen LogP contribution is 2.10. The lowest BCUT2D eigenvalue weighted by Crippen LogP contribution is -2.29. The number of hydrogen-bond acceptors (Lipinski definition) is 3. The molecular weight excluding hydrogens is 226 g/mol. The fourth-order valence-electron chi connectivity index (χ4n) is 1.79. The lowest BCUT2D eigenvalue weighted by atomic mass is 10.1. The van der Waals surface area contributed by atoms with Gasteiger partial charge < -0.3 is 10.5 Å². The molecule has 1 aromatic rings. The maximum atomic E-state index is 7.44. The van der Waals surface area contributed by atoms with Gasteiger partial charge in [0.2, 0.25) is 0 Å². The van der Waals surface area contributed by atoms with Crippen molar-refractivity contribution in [2.24, 2.45) is 5.73 Å². The second-order valence-corrected chi connectivity index (χ2v) is 4.66. The van der Waals surface area contributed by atoms with Crippen LogP contribution in [0.3, 0.4) is 0 Å². The summed E-state index contributed by atoms with van der Waals surface area (Å²) in [6, 6.07) is 8.30. The van der Waals surface area contributed by atoms with Crippen LogP contribution in [-0.4, -0.2) is 37.5 Å². The number of ether oxygens (including phenoxy) is 1. The van der Waals surface area contributed by atoms with E-state index in [0.29, 0.717) is 6.04 Å². The summed E-state index contributed by atoms with van der Waals surface area (Å²) in [5.41, 5.74) is 7.45. The predicted octanol–water partition coefficient (Wildman–Crippen LogP) is 1.83. The summed E-state index contributed by atoms with van der Waals surface area (Å²) in [5, 5.41) is 7.44. The van der Waals surface area contributed by atoms with E-state index in [2.05, 4.69) is 24.9 Å². The minimum Gasteiger partial charge on any atom is -0.385 e.